The van der Waals surface area contributed by atoms with E-state index >= 15 is 0 Å². The van der Waals surface area contributed by atoms with Crippen molar-refractivity contribution in [3.05, 3.63) is 58.7 Å². The van der Waals surface area contributed by atoms with Gasteiger partial charge in [-0.25, -0.2) is 13.1 Å². The number of benzene rings is 2. The summed E-state index contributed by atoms with van der Waals surface area (Å²) in [6.07, 6.45) is 0.940. The second-order valence-corrected chi connectivity index (χ2v) is 8.79. The number of aromatic amines is 1. The Morgan fingerprint density at radius 2 is 2.04 bits per heavy atom. The summed E-state index contributed by atoms with van der Waals surface area (Å²) in [5, 5.41) is 0.702. The Kier molecular flexibility index (Phi) is 4.78. The van der Waals surface area contributed by atoms with Crippen molar-refractivity contribution in [2.24, 2.45) is 5.73 Å². The second-order valence-electron chi connectivity index (χ2n) is 6.65. The van der Waals surface area contributed by atoms with Crippen LogP contribution in [0.2, 0.25) is 5.02 Å². The summed E-state index contributed by atoms with van der Waals surface area (Å²) in [5.74, 6) is -0.846. The lowest BCUT2D eigenvalue weighted by Crippen LogP contribution is -2.34. The third kappa shape index (κ3) is 3.34. The predicted octanol–water partition coefficient (Wildman–Crippen LogP) is 2.26. The van der Waals surface area contributed by atoms with E-state index in [4.69, 9.17) is 17.3 Å². The van der Waals surface area contributed by atoms with Crippen molar-refractivity contribution in [2.75, 3.05) is 24.5 Å². The van der Waals surface area contributed by atoms with E-state index in [0.717, 1.165) is 18.7 Å². The molecule has 146 valence electrons. The van der Waals surface area contributed by atoms with E-state index in [9.17, 15) is 13.2 Å². The minimum atomic E-state index is -3.97. The van der Waals surface area contributed by atoms with Crippen LogP contribution in [0.3, 0.4) is 0 Å². The summed E-state index contributed by atoms with van der Waals surface area (Å²) < 4.78 is 28.5. The molecule has 1 aliphatic heterocycles. The van der Waals surface area contributed by atoms with Crippen LogP contribution in [0, 0.1) is 0 Å². The van der Waals surface area contributed by atoms with Gasteiger partial charge in [-0.1, -0.05) is 29.8 Å². The van der Waals surface area contributed by atoms with Gasteiger partial charge in [0.1, 0.15) is 10.6 Å². The lowest BCUT2D eigenvalue weighted by atomic mass is 10.2. The summed E-state index contributed by atoms with van der Waals surface area (Å²) in [6, 6.07) is 12.8. The van der Waals surface area contributed by atoms with E-state index in [1.807, 2.05) is 18.2 Å². The maximum Gasteiger partial charge on any atom is 0.266 e. The lowest BCUT2D eigenvalue weighted by molar-refractivity contribution is 0.0993. The monoisotopic (exact) mass is 418 g/mol. The van der Waals surface area contributed by atoms with E-state index in [0.29, 0.717) is 22.5 Å². The van der Waals surface area contributed by atoms with Gasteiger partial charge < -0.3 is 15.6 Å². The number of nitrogens with two attached hydrogens (primary N) is 1. The Bertz CT molecular complexity index is 1170. The molecule has 0 bridgehead atoms. The highest BCUT2D eigenvalue weighted by Crippen LogP contribution is 2.30. The normalized spacial score (nSPS) is 13.8. The number of carbonyl (C=O) groups excluding carboxylic acids is 1. The van der Waals surface area contributed by atoms with Gasteiger partial charge in [0, 0.05) is 41.2 Å². The van der Waals surface area contributed by atoms with E-state index in [-0.39, 0.29) is 17.1 Å². The number of hydrogen-bond acceptors (Lipinski definition) is 4. The first-order valence-electron chi connectivity index (χ1n) is 8.80. The molecule has 2 heterocycles. The van der Waals surface area contributed by atoms with Crippen molar-refractivity contribution in [1.29, 1.82) is 0 Å². The Morgan fingerprint density at radius 3 is 2.82 bits per heavy atom. The van der Waals surface area contributed by atoms with Gasteiger partial charge in [0.25, 0.3) is 5.91 Å². The van der Waals surface area contributed by atoms with Crippen LogP contribution in [0.5, 0.6) is 0 Å². The summed E-state index contributed by atoms with van der Waals surface area (Å²) in [4.78, 5) is 16.6. The van der Waals surface area contributed by atoms with Gasteiger partial charge in [-0.3, -0.25) is 4.79 Å². The number of sulfonamides is 1. The third-order valence-electron chi connectivity index (χ3n) is 4.89. The van der Waals surface area contributed by atoms with E-state index in [1.165, 1.54) is 11.6 Å². The molecule has 3 aromatic rings. The fraction of sp³-hybridized carbons (Fsp3) is 0.211. The average Bonchev–Trinajstić information content (AvgIpc) is 3.23. The molecule has 1 aliphatic rings. The van der Waals surface area contributed by atoms with Gasteiger partial charge in [0.2, 0.25) is 10.0 Å². The van der Waals surface area contributed by atoms with Crippen LogP contribution in [0.4, 0.5) is 5.69 Å². The van der Waals surface area contributed by atoms with Crippen molar-refractivity contribution in [2.45, 2.75) is 11.3 Å². The molecule has 9 heteroatoms. The van der Waals surface area contributed by atoms with Crippen LogP contribution in [-0.2, 0) is 16.4 Å². The predicted molar refractivity (Wildman–Crippen MR) is 109 cm³/mol. The summed E-state index contributed by atoms with van der Waals surface area (Å²) in [7, 11) is -3.97. The van der Waals surface area contributed by atoms with Crippen molar-refractivity contribution in [3.63, 3.8) is 0 Å². The molecule has 0 atom stereocenters. The maximum atomic E-state index is 13.0. The van der Waals surface area contributed by atoms with Gasteiger partial charge in [-0.2, -0.15) is 0 Å². The molecule has 7 nitrogen and oxygen atoms in total. The molecule has 0 fully saturated rings. The molecular formula is C19H19ClN4O3S. The topological polar surface area (TPSA) is 108 Å². The molecule has 0 radical (unpaired) electrons. The number of amides is 1. The minimum absolute atomic E-state index is 0.156. The van der Waals surface area contributed by atoms with Crippen LogP contribution in [0.25, 0.3) is 10.9 Å². The first-order chi connectivity index (χ1) is 13.4. The number of para-hydroxylation sites is 1. The number of H-pyrrole nitrogens is 1. The number of fused-ring (bicyclic) bond motifs is 2. The maximum absolute atomic E-state index is 13.0. The molecule has 0 saturated carbocycles. The summed E-state index contributed by atoms with van der Waals surface area (Å²) in [6.45, 7) is 1.56. The highest BCUT2D eigenvalue weighted by Gasteiger charge is 2.27. The van der Waals surface area contributed by atoms with Crippen molar-refractivity contribution in [3.8, 4) is 0 Å². The smallest absolute Gasteiger partial charge is 0.266 e. The standard InChI is InChI=1S/C19H19ClN4O3S/c20-13-5-6-15-14(11-13)18(17(23-15)19(21)25)28(26,27)22-8-10-24-9-7-12-3-1-2-4-16(12)24/h1-6,11,22-23H,7-10H2,(H2,21,25). The van der Waals surface area contributed by atoms with Crippen LogP contribution in [0.15, 0.2) is 47.4 Å². The molecule has 2 aromatic carbocycles. The number of anilines is 1. The van der Waals surface area contributed by atoms with Gasteiger partial charge in [0.15, 0.2) is 0 Å². The Morgan fingerprint density at radius 1 is 1.25 bits per heavy atom. The van der Waals surface area contributed by atoms with E-state index in [2.05, 4.69) is 20.7 Å². The molecule has 28 heavy (non-hydrogen) atoms. The Labute approximate surface area is 167 Å². The molecule has 1 amide bonds. The molecule has 1 aromatic heterocycles. The number of nitrogens with one attached hydrogen (secondary N) is 2. The fourth-order valence-electron chi connectivity index (χ4n) is 3.62. The van der Waals surface area contributed by atoms with Gasteiger partial charge in [0.05, 0.1) is 0 Å². The van der Waals surface area contributed by atoms with Gasteiger partial charge >= 0.3 is 0 Å². The molecule has 0 aliphatic carbocycles. The van der Waals surface area contributed by atoms with Gasteiger partial charge in [-0.15, -0.1) is 0 Å². The average molecular weight is 419 g/mol. The molecule has 0 spiro atoms. The highest BCUT2D eigenvalue weighted by molar-refractivity contribution is 7.89. The molecule has 0 unspecified atom stereocenters. The number of aromatic nitrogens is 1. The zero-order valence-corrected chi connectivity index (χ0v) is 16.5. The second kappa shape index (κ2) is 7.12. The molecule has 4 rings (SSSR count). The molecular weight excluding hydrogens is 400 g/mol. The first kappa shape index (κ1) is 18.8. The van der Waals surface area contributed by atoms with Crippen LogP contribution in [-0.4, -0.2) is 38.9 Å². The molecule has 0 saturated heterocycles. The lowest BCUT2D eigenvalue weighted by Gasteiger charge is -2.19. The first-order valence-corrected chi connectivity index (χ1v) is 10.7. The minimum Gasteiger partial charge on any atom is -0.370 e. The van der Waals surface area contributed by atoms with E-state index < -0.39 is 15.9 Å². The zero-order valence-electron chi connectivity index (χ0n) is 14.9. The number of rotatable bonds is 6. The van der Waals surface area contributed by atoms with Crippen molar-refractivity contribution >= 4 is 44.1 Å². The number of primary amides is 1. The summed E-state index contributed by atoms with van der Waals surface area (Å²) >= 11 is 6.02. The Hall–Kier alpha value is -2.55. The van der Waals surface area contributed by atoms with Crippen molar-refractivity contribution < 1.29 is 13.2 Å². The molecule has 4 N–H and O–H groups in total. The zero-order chi connectivity index (χ0) is 19.9. The number of hydrogen-bond donors (Lipinski definition) is 3. The summed E-state index contributed by atoms with van der Waals surface area (Å²) in [5.41, 5.74) is 8.09. The number of halogens is 1. The third-order valence-corrected chi connectivity index (χ3v) is 6.67. The highest BCUT2D eigenvalue weighted by atomic mass is 35.5. The SMILES string of the molecule is NC(=O)c1[nH]c2ccc(Cl)cc2c1S(=O)(=O)NCCN1CCc2ccccc21. The van der Waals surface area contributed by atoms with Crippen LogP contribution >= 0.6 is 11.6 Å². The van der Waals surface area contributed by atoms with Crippen LogP contribution in [0.1, 0.15) is 16.1 Å². The fourth-order valence-corrected chi connectivity index (χ4v) is 5.17. The Balaban J connectivity index is 1.58. The largest absolute Gasteiger partial charge is 0.370 e. The number of carbonyl (C=O) groups is 1. The quantitative estimate of drug-likeness (QED) is 0.570. The van der Waals surface area contributed by atoms with Crippen molar-refractivity contribution in [1.82, 2.24) is 9.71 Å². The number of nitrogens with zero attached hydrogens (tertiary/aromatic N) is 1. The van der Waals surface area contributed by atoms with E-state index in [1.54, 1.807) is 12.1 Å². The van der Waals surface area contributed by atoms with Crippen LogP contribution < -0.4 is 15.4 Å². The van der Waals surface area contributed by atoms with Gasteiger partial charge in [-0.05, 0) is 36.2 Å².